The second kappa shape index (κ2) is 11.1. The van der Waals surface area contributed by atoms with Crippen molar-refractivity contribution in [1.29, 1.82) is 0 Å². The number of benzene rings is 3. The molecular formula is C24H20BrClFN3O3. The predicted molar refractivity (Wildman–Crippen MR) is 130 cm³/mol. The first kappa shape index (κ1) is 24.4. The van der Waals surface area contributed by atoms with E-state index in [1.165, 1.54) is 12.1 Å². The summed E-state index contributed by atoms with van der Waals surface area (Å²) in [6, 6.07) is 16.6. The Hall–Kier alpha value is -3.23. The Labute approximate surface area is 203 Å². The van der Waals surface area contributed by atoms with Crippen LogP contribution in [0.15, 0.2) is 70.2 Å². The van der Waals surface area contributed by atoms with Crippen LogP contribution in [0.25, 0.3) is 0 Å². The quantitative estimate of drug-likeness (QED) is 0.246. The Kier molecular flexibility index (Phi) is 8.19. The van der Waals surface area contributed by atoms with Crippen molar-refractivity contribution in [3.63, 3.8) is 0 Å². The van der Waals surface area contributed by atoms with Crippen molar-refractivity contribution in [3.8, 4) is 5.75 Å². The fraction of sp³-hybridized carbons (Fsp3) is 0.125. The van der Waals surface area contributed by atoms with Crippen LogP contribution in [-0.4, -0.2) is 17.5 Å². The molecule has 0 aliphatic rings. The molecule has 0 saturated heterocycles. The first-order chi connectivity index (χ1) is 15.7. The van der Waals surface area contributed by atoms with Crippen molar-refractivity contribution in [2.45, 2.75) is 20.5 Å². The smallest absolute Gasteiger partial charge is 0.329 e. The third-order valence-corrected chi connectivity index (χ3v) is 5.53. The van der Waals surface area contributed by atoms with E-state index in [1.54, 1.807) is 49.4 Å². The number of nitrogens with one attached hydrogen (secondary N) is 2. The molecule has 0 heterocycles. The standard InChI is InChI=1S/C24H20BrClFN3O3/c1-14-12-17(25)8-11-22(14)28-23(31)24(32)30-29-15(2)16-6-9-18(10-7-16)33-13-19-20(26)4-3-5-21(19)27/h3-12H,13H2,1-2H3,(H,28,31)(H,30,32). The van der Waals surface area contributed by atoms with E-state index in [0.717, 1.165) is 10.0 Å². The lowest BCUT2D eigenvalue weighted by atomic mass is 10.1. The molecule has 0 bridgehead atoms. The Morgan fingerprint density at radius 3 is 2.48 bits per heavy atom. The van der Waals surface area contributed by atoms with Crippen molar-refractivity contribution in [2.75, 3.05) is 5.32 Å². The number of carbonyl (C=O) groups is 2. The van der Waals surface area contributed by atoms with Gasteiger partial charge in [-0.05, 0) is 79.6 Å². The zero-order valence-corrected chi connectivity index (χ0v) is 20.1. The largest absolute Gasteiger partial charge is 0.489 e. The van der Waals surface area contributed by atoms with Crippen LogP contribution < -0.4 is 15.5 Å². The first-order valence-electron chi connectivity index (χ1n) is 9.82. The molecule has 170 valence electrons. The molecule has 2 amide bonds. The summed E-state index contributed by atoms with van der Waals surface area (Å²) in [5.41, 5.74) is 5.06. The minimum absolute atomic E-state index is 0.0130. The van der Waals surface area contributed by atoms with Gasteiger partial charge in [-0.3, -0.25) is 9.59 Å². The molecule has 0 atom stereocenters. The van der Waals surface area contributed by atoms with Crippen molar-refractivity contribution < 1.29 is 18.7 Å². The second-order valence-corrected chi connectivity index (χ2v) is 8.39. The average Bonchev–Trinajstić information content (AvgIpc) is 2.79. The minimum atomic E-state index is -0.890. The number of carbonyl (C=O) groups excluding carboxylic acids is 2. The van der Waals surface area contributed by atoms with Gasteiger partial charge in [-0.2, -0.15) is 5.10 Å². The van der Waals surface area contributed by atoms with Crippen LogP contribution in [-0.2, 0) is 16.2 Å². The second-order valence-electron chi connectivity index (χ2n) is 7.06. The van der Waals surface area contributed by atoms with Gasteiger partial charge in [0.1, 0.15) is 18.2 Å². The van der Waals surface area contributed by atoms with Crippen LogP contribution in [0.3, 0.4) is 0 Å². The molecule has 3 aromatic carbocycles. The molecule has 0 aliphatic heterocycles. The third kappa shape index (κ3) is 6.63. The summed E-state index contributed by atoms with van der Waals surface area (Å²) in [6.07, 6.45) is 0. The lowest BCUT2D eigenvalue weighted by Gasteiger charge is -2.10. The van der Waals surface area contributed by atoms with E-state index in [9.17, 15) is 14.0 Å². The Morgan fingerprint density at radius 2 is 1.82 bits per heavy atom. The van der Waals surface area contributed by atoms with Crippen molar-refractivity contribution >= 4 is 50.7 Å². The summed E-state index contributed by atoms with van der Waals surface area (Å²) in [4.78, 5) is 24.2. The van der Waals surface area contributed by atoms with Gasteiger partial charge < -0.3 is 10.1 Å². The topological polar surface area (TPSA) is 79.8 Å². The number of hydrogen-bond donors (Lipinski definition) is 2. The summed E-state index contributed by atoms with van der Waals surface area (Å²) in [5, 5.41) is 6.83. The molecule has 0 saturated carbocycles. The zero-order chi connectivity index (χ0) is 24.0. The molecule has 0 radical (unpaired) electrons. The maximum absolute atomic E-state index is 13.8. The van der Waals surface area contributed by atoms with Crippen LogP contribution in [0.2, 0.25) is 5.02 Å². The first-order valence-corrected chi connectivity index (χ1v) is 11.0. The number of amides is 2. The van der Waals surface area contributed by atoms with Crippen molar-refractivity contribution in [3.05, 3.63) is 92.7 Å². The lowest BCUT2D eigenvalue weighted by molar-refractivity contribution is -0.136. The zero-order valence-electron chi connectivity index (χ0n) is 17.8. The molecule has 0 fully saturated rings. The number of hydrogen-bond acceptors (Lipinski definition) is 4. The SMILES string of the molecule is CC(=NNC(=O)C(=O)Nc1ccc(Br)cc1C)c1ccc(OCc2c(F)cccc2Cl)cc1. The van der Waals surface area contributed by atoms with E-state index >= 15 is 0 Å². The number of ether oxygens (including phenoxy) is 1. The molecule has 9 heteroatoms. The van der Waals surface area contributed by atoms with Crippen LogP contribution in [0.4, 0.5) is 10.1 Å². The van der Waals surface area contributed by atoms with Gasteiger partial charge in [-0.15, -0.1) is 0 Å². The van der Waals surface area contributed by atoms with E-state index in [-0.39, 0.29) is 12.2 Å². The lowest BCUT2D eigenvalue weighted by Crippen LogP contribution is -2.33. The predicted octanol–water partition coefficient (Wildman–Crippen LogP) is 5.61. The van der Waals surface area contributed by atoms with E-state index in [0.29, 0.717) is 27.7 Å². The summed E-state index contributed by atoms with van der Waals surface area (Å²) >= 11 is 9.35. The molecule has 0 aliphatic carbocycles. The molecule has 0 spiro atoms. The number of halogens is 3. The van der Waals surface area contributed by atoms with Gasteiger partial charge >= 0.3 is 11.8 Å². The van der Waals surface area contributed by atoms with Gasteiger partial charge in [0.2, 0.25) is 0 Å². The Bertz CT molecular complexity index is 1200. The number of aryl methyl sites for hydroxylation is 1. The fourth-order valence-corrected chi connectivity index (χ4v) is 3.51. The highest BCUT2D eigenvalue weighted by molar-refractivity contribution is 9.10. The van der Waals surface area contributed by atoms with Crippen LogP contribution in [0.1, 0.15) is 23.6 Å². The normalized spacial score (nSPS) is 11.1. The van der Waals surface area contributed by atoms with Crippen LogP contribution >= 0.6 is 27.5 Å². The fourth-order valence-electron chi connectivity index (χ4n) is 2.81. The maximum atomic E-state index is 13.8. The summed E-state index contributed by atoms with van der Waals surface area (Å²) in [5.74, 6) is -1.64. The van der Waals surface area contributed by atoms with Gasteiger partial charge in [-0.1, -0.05) is 33.6 Å². The number of hydrazone groups is 1. The summed E-state index contributed by atoms with van der Waals surface area (Å²) < 4.78 is 20.3. The van der Waals surface area contributed by atoms with E-state index in [2.05, 4.69) is 31.8 Å². The Morgan fingerprint density at radius 1 is 1.09 bits per heavy atom. The summed E-state index contributed by atoms with van der Waals surface area (Å²) in [7, 11) is 0. The Balaban J connectivity index is 1.56. The minimum Gasteiger partial charge on any atom is -0.489 e. The third-order valence-electron chi connectivity index (χ3n) is 4.68. The molecule has 3 aromatic rings. The van der Waals surface area contributed by atoms with E-state index in [1.807, 2.05) is 13.0 Å². The highest BCUT2D eigenvalue weighted by Gasteiger charge is 2.14. The molecule has 3 rings (SSSR count). The molecule has 2 N–H and O–H groups in total. The summed E-state index contributed by atoms with van der Waals surface area (Å²) in [6.45, 7) is 3.49. The van der Waals surface area contributed by atoms with Crippen LogP contribution in [0.5, 0.6) is 5.75 Å². The van der Waals surface area contributed by atoms with E-state index < -0.39 is 17.6 Å². The van der Waals surface area contributed by atoms with Gasteiger partial charge in [0, 0.05) is 15.7 Å². The molecule has 0 aromatic heterocycles. The number of anilines is 1. The van der Waals surface area contributed by atoms with Gasteiger partial charge in [-0.25, -0.2) is 9.82 Å². The monoisotopic (exact) mass is 531 g/mol. The molecule has 6 nitrogen and oxygen atoms in total. The number of rotatable bonds is 6. The molecule has 0 unspecified atom stereocenters. The highest BCUT2D eigenvalue weighted by Crippen LogP contribution is 2.22. The molecule has 33 heavy (non-hydrogen) atoms. The molecular weight excluding hydrogens is 513 g/mol. The average molecular weight is 533 g/mol. The maximum Gasteiger partial charge on any atom is 0.329 e. The van der Waals surface area contributed by atoms with Gasteiger partial charge in [0.05, 0.1) is 10.7 Å². The number of nitrogens with zero attached hydrogens (tertiary/aromatic N) is 1. The highest BCUT2D eigenvalue weighted by atomic mass is 79.9. The van der Waals surface area contributed by atoms with Crippen LogP contribution in [0, 0.1) is 12.7 Å². The van der Waals surface area contributed by atoms with Gasteiger partial charge in [0.25, 0.3) is 0 Å². The van der Waals surface area contributed by atoms with E-state index in [4.69, 9.17) is 16.3 Å². The van der Waals surface area contributed by atoms with Crippen molar-refractivity contribution in [1.82, 2.24) is 5.43 Å². The van der Waals surface area contributed by atoms with Gasteiger partial charge in [0.15, 0.2) is 0 Å². The van der Waals surface area contributed by atoms with Crippen molar-refractivity contribution in [2.24, 2.45) is 5.10 Å².